The Morgan fingerprint density at radius 3 is 2.30 bits per heavy atom. The molecule has 1 fully saturated rings. The molecule has 3 heteroatoms. The van der Waals surface area contributed by atoms with Gasteiger partial charge in [0.25, 0.3) is 0 Å². The van der Waals surface area contributed by atoms with Crippen molar-refractivity contribution >= 4 is 7.12 Å². The minimum atomic E-state index is -0.240. The van der Waals surface area contributed by atoms with Gasteiger partial charge in [-0.3, -0.25) is 0 Å². The third-order valence-electron chi connectivity index (χ3n) is 4.99. The number of hydrogen-bond donors (Lipinski definition) is 0. The molecule has 0 aromatic rings. The summed E-state index contributed by atoms with van der Waals surface area (Å²) in [4.78, 5) is 0. The standard InChI is InChI=1S/C17H29BO2/c1-7-8-9-14-11-10-13(2)12-15(14)18-19-16(3,4)17(5,6)20-18/h10H,7-9,11-12H2,1-6H3. The Hall–Kier alpha value is -0.535. The molecule has 0 atom stereocenters. The third-order valence-corrected chi connectivity index (χ3v) is 4.99. The van der Waals surface area contributed by atoms with Crippen LogP contribution >= 0.6 is 0 Å². The molecule has 0 radical (unpaired) electrons. The summed E-state index contributed by atoms with van der Waals surface area (Å²) in [5.74, 6) is 0. The Labute approximate surface area is 124 Å². The van der Waals surface area contributed by atoms with Crippen LogP contribution in [0.5, 0.6) is 0 Å². The molecule has 0 saturated carbocycles. The fraction of sp³-hybridized carbons (Fsp3) is 0.765. The molecule has 0 bridgehead atoms. The van der Waals surface area contributed by atoms with Gasteiger partial charge in [0.1, 0.15) is 0 Å². The fourth-order valence-corrected chi connectivity index (χ4v) is 2.81. The van der Waals surface area contributed by atoms with Gasteiger partial charge in [-0.25, -0.2) is 0 Å². The van der Waals surface area contributed by atoms with Gasteiger partial charge < -0.3 is 9.31 Å². The van der Waals surface area contributed by atoms with Crippen LogP contribution in [0.25, 0.3) is 0 Å². The summed E-state index contributed by atoms with van der Waals surface area (Å²) in [7, 11) is -0.157. The normalized spacial score (nSPS) is 25.1. The number of unbranched alkanes of at least 4 members (excludes halogenated alkanes) is 1. The van der Waals surface area contributed by atoms with Gasteiger partial charge in [-0.2, -0.15) is 0 Å². The molecule has 112 valence electrons. The van der Waals surface area contributed by atoms with Gasteiger partial charge in [0, 0.05) is 0 Å². The van der Waals surface area contributed by atoms with Gasteiger partial charge in [0.2, 0.25) is 0 Å². The molecule has 20 heavy (non-hydrogen) atoms. The maximum atomic E-state index is 6.25. The summed E-state index contributed by atoms with van der Waals surface area (Å²) >= 11 is 0. The lowest BCUT2D eigenvalue weighted by Gasteiger charge is -2.32. The van der Waals surface area contributed by atoms with Crippen LogP contribution in [0.3, 0.4) is 0 Å². The van der Waals surface area contributed by atoms with Crippen molar-refractivity contribution < 1.29 is 9.31 Å². The van der Waals surface area contributed by atoms with Crippen LogP contribution in [-0.4, -0.2) is 18.3 Å². The molecule has 2 aliphatic rings. The predicted octanol–water partition coefficient (Wildman–Crippen LogP) is 4.84. The van der Waals surface area contributed by atoms with Gasteiger partial charge in [-0.15, -0.1) is 0 Å². The summed E-state index contributed by atoms with van der Waals surface area (Å²) < 4.78 is 12.5. The molecule has 1 aliphatic carbocycles. The lowest BCUT2D eigenvalue weighted by molar-refractivity contribution is 0.00578. The molecule has 1 saturated heterocycles. The zero-order chi connectivity index (χ0) is 15.0. The Bertz CT molecular complexity index is 416. The Morgan fingerprint density at radius 2 is 1.75 bits per heavy atom. The van der Waals surface area contributed by atoms with Crippen LogP contribution in [0.4, 0.5) is 0 Å². The maximum absolute atomic E-state index is 6.25. The molecular weight excluding hydrogens is 247 g/mol. The number of rotatable bonds is 4. The first-order valence-corrected chi connectivity index (χ1v) is 7.99. The van der Waals surface area contributed by atoms with Crippen molar-refractivity contribution in [3.8, 4) is 0 Å². The first kappa shape index (κ1) is 15.8. The zero-order valence-electron chi connectivity index (χ0n) is 14.0. The minimum Gasteiger partial charge on any atom is -0.400 e. The fourth-order valence-electron chi connectivity index (χ4n) is 2.81. The van der Waals surface area contributed by atoms with E-state index in [1.807, 2.05) is 0 Å². The van der Waals surface area contributed by atoms with Crippen LogP contribution in [0, 0.1) is 0 Å². The van der Waals surface area contributed by atoms with Crippen LogP contribution in [-0.2, 0) is 9.31 Å². The Morgan fingerprint density at radius 1 is 1.15 bits per heavy atom. The summed E-state index contributed by atoms with van der Waals surface area (Å²) in [6.45, 7) is 13.0. The third kappa shape index (κ3) is 3.04. The maximum Gasteiger partial charge on any atom is 0.490 e. The molecule has 0 N–H and O–H groups in total. The van der Waals surface area contributed by atoms with E-state index in [2.05, 4.69) is 47.6 Å². The van der Waals surface area contributed by atoms with Gasteiger partial charge in [0.15, 0.2) is 0 Å². The van der Waals surface area contributed by atoms with Crippen LogP contribution in [0.15, 0.2) is 22.7 Å². The minimum absolute atomic E-state index is 0.157. The van der Waals surface area contributed by atoms with Crippen molar-refractivity contribution in [2.45, 2.75) is 84.8 Å². The SMILES string of the molecule is CCCCC1=C(B2OC(C)(C)C(C)(C)O2)CC(C)=CC1. The summed E-state index contributed by atoms with van der Waals surface area (Å²) in [6.07, 6.45) is 8.12. The van der Waals surface area contributed by atoms with E-state index in [9.17, 15) is 0 Å². The molecule has 2 nitrogen and oxygen atoms in total. The largest absolute Gasteiger partial charge is 0.490 e. The highest BCUT2D eigenvalue weighted by atomic mass is 16.7. The molecule has 0 aromatic carbocycles. The van der Waals surface area contributed by atoms with Crippen molar-refractivity contribution in [2.24, 2.45) is 0 Å². The van der Waals surface area contributed by atoms with Crippen molar-refractivity contribution in [3.63, 3.8) is 0 Å². The lowest BCUT2D eigenvalue weighted by atomic mass is 9.68. The monoisotopic (exact) mass is 276 g/mol. The first-order chi connectivity index (χ1) is 9.27. The van der Waals surface area contributed by atoms with Crippen molar-refractivity contribution in [3.05, 3.63) is 22.7 Å². The highest BCUT2D eigenvalue weighted by molar-refractivity contribution is 6.55. The van der Waals surface area contributed by atoms with E-state index in [0.29, 0.717) is 0 Å². The second-order valence-corrected chi connectivity index (χ2v) is 7.25. The lowest BCUT2D eigenvalue weighted by Crippen LogP contribution is -2.41. The topological polar surface area (TPSA) is 18.5 Å². The van der Waals surface area contributed by atoms with Gasteiger partial charge >= 0.3 is 7.12 Å². The van der Waals surface area contributed by atoms with Crippen LogP contribution in [0.1, 0.15) is 73.6 Å². The van der Waals surface area contributed by atoms with Gasteiger partial charge in [-0.1, -0.05) is 30.6 Å². The smallest absolute Gasteiger partial charge is 0.400 e. The highest BCUT2D eigenvalue weighted by Crippen LogP contribution is 2.41. The van der Waals surface area contributed by atoms with Crippen molar-refractivity contribution in [1.82, 2.24) is 0 Å². The van der Waals surface area contributed by atoms with Crippen LogP contribution in [0.2, 0.25) is 0 Å². The van der Waals surface area contributed by atoms with E-state index in [0.717, 1.165) is 12.8 Å². The quantitative estimate of drug-likeness (QED) is 0.540. The molecule has 1 heterocycles. The summed E-state index contributed by atoms with van der Waals surface area (Å²) in [5, 5.41) is 0. The molecule has 0 amide bonds. The van der Waals surface area contributed by atoms with E-state index in [1.54, 1.807) is 0 Å². The van der Waals surface area contributed by atoms with E-state index < -0.39 is 0 Å². The van der Waals surface area contributed by atoms with E-state index in [1.165, 1.54) is 35.9 Å². The Balaban J connectivity index is 2.22. The number of hydrogen-bond acceptors (Lipinski definition) is 2. The average molecular weight is 276 g/mol. The zero-order valence-corrected chi connectivity index (χ0v) is 14.0. The van der Waals surface area contributed by atoms with E-state index in [4.69, 9.17) is 9.31 Å². The van der Waals surface area contributed by atoms with E-state index >= 15 is 0 Å². The average Bonchev–Trinajstić information content (AvgIpc) is 2.57. The summed E-state index contributed by atoms with van der Waals surface area (Å²) in [6, 6.07) is 0. The van der Waals surface area contributed by atoms with Gasteiger partial charge in [-0.05, 0) is 65.8 Å². The van der Waals surface area contributed by atoms with E-state index in [-0.39, 0.29) is 18.3 Å². The molecular formula is C17H29BO2. The number of allylic oxidation sites excluding steroid dienone is 4. The van der Waals surface area contributed by atoms with Crippen LogP contribution < -0.4 is 0 Å². The van der Waals surface area contributed by atoms with Crippen molar-refractivity contribution in [2.75, 3.05) is 0 Å². The highest BCUT2D eigenvalue weighted by Gasteiger charge is 2.52. The summed E-state index contributed by atoms with van der Waals surface area (Å²) in [5.41, 5.74) is 3.88. The van der Waals surface area contributed by atoms with Gasteiger partial charge in [0.05, 0.1) is 11.2 Å². The predicted molar refractivity (Wildman–Crippen MR) is 85.6 cm³/mol. The molecule has 1 aliphatic heterocycles. The second kappa shape index (κ2) is 5.69. The molecule has 0 spiro atoms. The Kier molecular flexibility index (Phi) is 4.51. The molecule has 2 rings (SSSR count). The first-order valence-electron chi connectivity index (χ1n) is 7.99. The van der Waals surface area contributed by atoms with Crippen molar-refractivity contribution in [1.29, 1.82) is 0 Å². The molecule has 0 unspecified atom stereocenters. The molecule has 0 aromatic heterocycles. The second-order valence-electron chi connectivity index (χ2n) is 7.25.